The average Bonchev–Trinajstić information content (AvgIpc) is 3.18. The predicted octanol–water partition coefficient (Wildman–Crippen LogP) is 2.78. The molecule has 0 amide bonds. The third-order valence-corrected chi connectivity index (χ3v) is 4.68. The maximum Gasteiger partial charge on any atom is 0.247 e. The molecule has 1 N–H and O–H groups in total. The molecule has 110 valence electrons. The number of nitrogens with one attached hydrogen (secondary N) is 1. The molecule has 0 saturated carbocycles. The van der Waals surface area contributed by atoms with E-state index in [4.69, 9.17) is 4.42 Å². The highest BCUT2D eigenvalue weighted by Crippen LogP contribution is 2.30. The molecule has 5 nitrogen and oxygen atoms in total. The Morgan fingerprint density at radius 1 is 1.19 bits per heavy atom. The number of hydrogen-bond acceptors (Lipinski definition) is 5. The molecular weight excluding hydrogens is 264 g/mol. The molecule has 2 fully saturated rings. The monoisotopic (exact) mass is 284 g/mol. The lowest BCUT2D eigenvalue weighted by atomic mass is 9.99. The summed E-state index contributed by atoms with van der Waals surface area (Å²) >= 11 is 0. The first kappa shape index (κ1) is 12.8. The summed E-state index contributed by atoms with van der Waals surface area (Å²) in [6.45, 7) is 2.50. The molecule has 2 aromatic rings. The Kier molecular flexibility index (Phi) is 3.35. The molecule has 4 rings (SSSR count). The van der Waals surface area contributed by atoms with Crippen molar-refractivity contribution in [2.24, 2.45) is 0 Å². The van der Waals surface area contributed by atoms with Crippen LogP contribution in [0.15, 0.2) is 35.1 Å². The van der Waals surface area contributed by atoms with Crippen molar-refractivity contribution in [2.75, 3.05) is 18.4 Å². The fourth-order valence-electron chi connectivity index (χ4n) is 3.67. The number of nitrogens with zero attached hydrogens (tertiary/aromatic N) is 3. The van der Waals surface area contributed by atoms with Gasteiger partial charge in [-0.1, -0.05) is 12.5 Å². The first-order valence-corrected chi connectivity index (χ1v) is 7.77. The fraction of sp³-hybridized carbons (Fsp3) is 0.500. The number of benzene rings is 1. The van der Waals surface area contributed by atoms with Gasteiger partial charge in [0.05, 0.1) is 0 Å². The zero-order valence-corrected chi connectivity index (χ0v) is 12.0. The van der Waals surface area contributed by atoms with Crippen LogP contribution in [0.4, 0.5) is 5.69 Å². The van der Waals surface area contributed by atoms with Crippen molar-refractivity contribution in [3.8, 4) is 11.5 Å². The van der Waals surface area contributed by atoms with Gasteiger partial charge in [-0.05, 0) is 44.0 Å². The van der Waals surface area contributed by atoms with E-state index in [1.165, 1.54) is 45.2 Å². The van der Waals surface area contributed by atoms with Gasteiger partial charge in [0.2, 0.25) is 12.3 Å². The van der Waals surface area contributed by atoms with E-state index in [-0.39, 0.29) is 0 Å². The Morgan fingerprint density at radius 3 is 3.10 bits per heavy atom. The minimum Gasteiger partial charge on any atom is -0.423 e. The van der Waals surface area contributed by atoms with Crippen molar-refractivity contribution in [2.45, 2.75) is 37.8 Å². The molecule has 21 heavy (non-hydrogen) atoms. The molecule has 2 aliphatic rings. The Morgan fingerprint density at radius 2 is 2.19 bits per heavy atom. The molecule has 5 heteroatoms. The van der Waals surface area contributed by atoms with Gasteiger partial charge >= 0.3 is 0 Å². The van der Waals surface area contributed by atoms with Crippen molar-refractivity contribution in [3.05, 3.63) is 30.7 Å². The highest BCUT2D eigenvalue weighted by molar-refractivity contribution is 5.61. The van der Waals surface area contributed by atoms with Crippen LogP contribution in [-0.2, 0) is 0 Å². The van der Waals surface area contributed by atoms with Gasteiger partial charge < -0.3 is 9.73 Å². The third-order valence-electron chi connectivity index (χ3n) is 4.68. The van der Waals surface area contributed by atoms with Crippen LogP contribution in [0.5, 0.6) is 0 Å². The van der Waals surface area contributed by atoms with E-state index in [9.17, 15) is 0 Å². The first-order chi connectivity index (χ1) is 10.4. The summed E-state index contributed by atoms with van der Waals surface area (Å²) in [5.74, 6) is 0.573. The number of aromatic nitrogens is 2. The Balaban J connectivity index is 1.51. The Labute approximate surface area is 124 Å². The summed E-state index contributed by atoms with van der Waals surface area (Å²) in [7, 11) is 0. The summed E-state index contributed by atoms with van der Waals surface area (Å²) in [4.78, 5) is 2.64. The Hall–Kier alpha value is -1.88. The number of rotatable bonds is 3. The zero-order valence-electron chi connectivity index (χ0n) is 12.0. The summed E-state index contributed by atoms with van der Waals surface area (Å²) in [5, 5.41) is 11.4. The normalized spacial score (nSPS) is 25.7. The predicted molar refractivity (Wildman–Crippen MR) is 81.0 cm³/mol. The smallest absolute Gasteiger partial charge is 0.247 e. The lowest BCUT2D eigenvalue weighted by molar-refractivity contribution is 0.193. The van der Waals surface area contributed by atoms with Gasteiger partial charge in [0.1, 0.15) is 0 Å². The molecular formula is C16H20N4O. The standard InChI is InChI=1S/C16H20N4O/c1-2-8-20-9-7-14(15(20)6-1)18-13-5-3-4-12(10-13)16-19-17-11-21-16/h3-5,10-11,14-15,18H,1-2,6-9H2. The van der Waals surface area contributed by atoms with E-state index < -0.39 is 0 Å². The van der Waals surface area contributed by atoms with E-state index in [0.29, 0.717) is 18.0 Å². The van der Waals surface area contributed by atoms with Gasteiger partial charge in [0, 0.05) is 29.9 Å². The Bertz CT molecular complexity index is 598. The molecule has 0 radical (unpaired) electrons. The van der Waals surface area contributed by atoms with Crippen LogP contribution in [0.3, 0.4) is 0 Å². The maximum absolute atomic E-state index is 5.27. The second-order valence-corrected chi connectivity index (χ2v) is 5.96. The van der Waals surface area contributed by atoms with E-state index in [0.717, 1.165) is 11.3 Å². The number of anilines is 1. The second kappa shape index (κ2) is 5.48. The SMILES string of the molecule is c1cc(NC2CCN3CCCCC23)cc(-c2nnco2)c1. The molecule has 1 aromatic carbocycles. The van der Waals surface area contributed by atoms with Crippen LogP contribution >= 0.6 is 0 Å². The highest BCUT2D eigenvalue weighted by atomic mass is 16.4. The van der Waals surface area contributed by atoms with Gasteiger partial charge in [-0.25, -0.2) is 0 Å². The van der Waals surface area contributed by atoms with E-state index in [1.54, 1.807) is 0 Å². The van der Waals surface area contributed by atoms with Gasteiger partial charge in [-0.15, -0.1) is 10.2 Å². The van der Waals surface area contributed by atoms with Crippen LogP contribution in [0.2, 0.25) is 0 Å². The van der Waals surface area contributed by atoms with E-state index in [1.807, 2.05) is 12.1 Å². The minimum atomic E-state index is 0.559. The number of fused-ring (bicyclic) bond motifs is 1. The number of hydrogen-bond donors (Lipinski definition) is 1. The van der Waals surface area contributed by atoms with Gasteiger partial charge in [-0.3, -0.25) is 4.90 Å². The molecule has 1 aromatic heterocycles. The van der Waals surface area contributed by atoms with Crippen molar-refractivity contribution in [1.29, 1.82) is 0 Å². The maximum atomic E-state index is 5.27. The average molecular weight is 284 g/mol. The molecule has 2 atom stereocenters. The van der Waals surface area contributed by atoms with Crippen molar-refractivity contribution < 1.29 is 4.42 Å². The van der Waals surface area contributed by atoms with Crippen molar-refractivity contribution in [1.82, 2.24) is 15.1 Å². The second-order valence-electron chi connectivity index (χ2n) is 5.96. The molecule has 2 aliphatic heterocycles. The summed E-state index contributed by atoms with van der Waals surface area (Å²) < 4.78 is 5.27. The van der Waals surface area contributed by atoms with Crippen molar-refractivity contribution in [3.63, 3.8) is 0 Å². The lowest BCUT2D eigenvalue weighted by Crippen LogP contribution is -2.41. The van der Waals surface area contributed by atoms with Crippen LogP contribution in [0.1, 0.15) is 25.7 Å². The lowest BCUT2D eigenvalue weighted by Gasteiger charge is -2.33. The summed E-state index contributed by atoms with van der Waals surface area (Å²) in [6, 6.07) is 9.51. The number of piperidine rings is 1. The van der Waals surface area contributed by atoms with Crippen LogP contribution in [0, 0.1) is 0 Å². The minimum absolute atomic E-state index is 0.559. The highest BCUT2D eigenvalue weighted by Gasteiger charge is 2.35. The summed E-state index contributed by atoms with van der Waals surface area (Å²) in [5.41, 5.74) is 2.11. The molecule has 3 heterocycles. The molecule has 0 bridgehead atoms. The molecule has 2 unspecified atom stereocenters. The molecule has 0 aliphatic carbocycles. The van der Waals surface area contributed by atoms with Gasteiger partial charge in [0.15, 0.2) is 0 Å². The van der Waals surface area contributed by atoms with Gasteiger partial charge in [0.25, 0.3) is 0 Å². The largest absolute Gasteiger partial charge is 0.423 e. The van der Waals surface area contributed by atoms with Crippen LogP contribution in [0.25, 0.3) is 11.5 Å². The topological polar surface area (TPSA) is 54.2 Å². The van der Waals surface area contributed by atoms with Crippen LogP contribution < -0.4 is 5.32 Å². The zero-order chi connectivity index (χ0) is 14.1. The fourth-order valence-corrected chi connectivity index (χ4v) is 3.67. The molecule has 2 saturated heterocycles. The quantitative estimate of drug-likeness (QED) is 0.939. The summed E-state index contributed by atoms with van der Waals surface area (Å²) in [6.07, 6.45) is 6.64. The van der Waals surface area contributed by atoms with E-state index in [2.05, 4.69) is 32.5 Å². The third kappa shape index (κ3) is 2.53. The van der Waals surface area contributed by atoms with Gasteiger partial charge in [-0.2, -0.15) is 0 Å². The van der Waals surface area contributed by atoms with E-state index >= 15 is 0 Å². The van der Waals surface area contributed by atoms with Crippen LogP contribution in [-0.4, -0.2) is 40.3 Å². The molecule has 0 spiro atoms. The first-order valence-electron chi connectivity index (χ1n) is 7.77. The van der Waals surface area contributed by atoms with Crippen molar-refractivity contribution >= 4 is 5.69 Å².